The third-order valence-corrected chi connectivity index (χ3v) is 4.90. The molecule has 0 radical (unpaired) electrons. The first-order chi connectivity index (χ1) is 11.1. The van der Waals surface area contributed by atoms with E-state index in [1.807, 2.05) is 13.1 Å². The minimum absolute atomic E-state index is 0. The van der Waals surface area contributed by atoms with Crippen LogP contribution in [0.3, 0.4) is 0 Å². The Morgan fingerprint density at radius 1 is 1.42 bits per heavy atom. The van der Waals surface area contributed by atoms with Crippen LogP contribution < -0.4 is 5.32 Å². The van der Waals surface area contributed by atoms with Crippen molar-refractivity contribution in [3.63, 3.8) is 0 Å². The lowest BCUT2D eigenvalue weighted by Crippen LogP contribution is -2.40. The second kappa shape index (κ2) is 13.6. The number of allylic oxidation sites excluding steroid dienone is 1. The zero-order valence-corrected chi connectivity index (χ0v) is 18.7. The SMILES string of the molecule is C=CCCCCCN(C)C(=NC)NCCc1csc(C(C)C)n1.I. The van der Waals surface area contributed by atoms with E-state index in [0.29, 0.717) is 5.92 Å². The first-order valence-corrected chi connectivity index (χ1v) is 9.43. The summed E-state index contributed by atoms with van der Waals surface area (Å²) < 4.78 is 0. The number of hydrogen-bond donors (Lipinski definition) is 1. The first kappa shape index (κ1) is 23.4. The zero-order chi connectivity index (χ0) is 17.1. The first-order valence-electron chi connectivity index (χ1n) is 8.55. The molecule has 0 aliphatic rings. The van der Waals surface area contributed by atoms with Crippen LogP contribution in [0.4, 0.5) is 0 Å². The molecule has 4 nitrogen and oxygen atoms in total. The number of halogens is 1. The third-order valence-electron chi connectivity index (χ3n) is 3.70. The van der Waals surface area contributed by atoms with Crippen LogP contribution in [-0.4, -0.2) is 43.0 Å². The van der Waals surface area contributed by atoms with Gasteiger partial charge in [-0.2, -0.15) is 0 Å². The van der Waals surface area contributed by atoms with Gasteiger partial charge in [0.2, 0.25) is 0 Å². The average Bonchev–Trinajstić information content (AvgIpc) is 3.00. The molecule has 0 saturated carbocycles. The van der Waals surface area contributed by atoms with Crippen LogP contribution in [0.15, 0.2) is 23.0 Å². The molecule has 0 spiro atoms. The predicted octanol–water partition coefficient (Wildman–Crippen LogP) is 4.68. The Bertz CT molecular complexity index is 485. The van der Waals surface area contributed by atoms with E-state index in [1.54, 1.807) is 11.3 Å². The summed E-state index contributed by atoms with van der Waals surface area (Å²) in [5.74, 6) is 1.48. The lowest BCUT2D eigenvalue weighted by Gasteiger charge is -2.21. The Morgan fingerprint density at radius 2 is 2.17 bits per heavy atom. The Morgan fingerprint density at radius 3 is 2.75 bits per heavy atom. The number of aromatic nitrogens is 1. The van der Waals surface area contributed by atoms with Gasteiger partial charge in [0.25, 0.3) is 0 Å². The maximum atomic E-state index is 4.67. The van der Waals surface area contributed by atoms with Crippen LogP contribution in [0.2, 0.25) is 0 Å². The minimum atomic E-state index is 0. The van der Waals surface area contributed by atoms with Crippen molar-refractivity contribution in [3.8, 4) is 0 Å². The summed E-state index contributed by atoms with van der Waals surface area (Å²) >= 11 is 1.76. The van der Waals surface area contributed by atoms with Crippen LogP contribution >= 0.6 is 35.3 Å². The molecule has 1 aromatic heterocycles. The Kier molecular flexibility index (Phi) is 13.3. The quantitative estimate of drug-likeness (QED) is 0.180. The Hall–Kier alpha value is -0.630. The summed E-state index contributed by atoms with van der Waals surface area (Å²) in [5, 5.41) is 6.83. The lowest BCUT2D eigenvalue weighted by molar-refractivity contribution is 0.455. The molecule has 0 saturated heterocycles. The number of unbranched alkanes of at least 4 members (excludes halogenated alkanes) is 3. The molecule has 1 N–H and O–H groups in total. The normalized spacial score (nSPS) is 11.3. The van der Waals surface area contributed by atoms with Crippen molar-refractivity contribution in [2.45, 2.75) is 51.9 Å². The molecule has 1 rings (SSSR count). The van der Waals surface area contributed by atoms with Crippen molar-refractivity contribution in [2.75, 3.05) is 27.2 Å². The van der Waals surface area contributed by atoms with E-state index in [9.17, 15) is 0 Å². The highest BCUT2D eigenvalue weighted by atomic mass is 127. The molecule has 0 fully saturated rings. The van der Waals surface area contributed by atoms with Crippen molar-refractivity contribution in [1.82, 2.24) is 15.2 Å². The number of nitrogens with zero attached hydrogens (tertiary/aromatic N) is 3. The van der Waals surface area contributed by atoms with E-state index in [2.05, 4.69) is 53.0 Å². The summed E-state index contributed by atoms with van der Waals surface area (Å²) in [4.78, 5) is 11.2. The summed E-state index contributed by atoms with van der Waals surface area (Å²) in [7, 11) is 3.94. The van der Waals surface area contributed by atoms with Gasteiger partial charge in [0.05, 0.1) is 10.7 Å². The number of nitrogens with one attached hydrogen (secondary N) is 1. The topological polar surface area (TPSA) is 40.5 Å². The van der Waals surface area contributed by atoms with Gasteiger partial charge < -0.3 is 10.2 Å². The van der Waals surface area contributed by atoms with Crippen LogP contribution in [0.5, 0.6) is 0 Å². The van der Waals surface area contributed by atoms with Crippen LogP contribution in [0.1, 0.15) is 56.2 Å². The Balaban J connectivity index is 0.00000529. The summed E-state index contributed by atoms with van der Waals surface area (Å²) in [6.07, 6.45) is 7.70. The molecule has 0 amide bonds. The fraction of sp³-hybridized carbons (Fsp3) is 0.667. The smallest absolute Gasteiger partial charge is 0.193 e. The minimum Gasteiger partial charge on any atom is -0.356 e. The largest absolute Gasteiger partial charge is 0.356 e. The third kappa shape index (κ3) is 9.01. The lowest BCUT2D eigenvalue weighted by atomic mass is 10.2. The molecule has 6 heteroatoms. The van der Waals surface area contributed by atoms with Gasteiger partial charge in [-0.1, -0.05) is 26.3 Å². The number of rotatable bonds is 10. The average molecular weight is 464 g/mol. The van der Waals surface area contributed by atoms with E-state index in [-0.39, 0.29) is 24.0 Å². The van der Waals surface area contributed by atoms with E-state index in [1.165, 1.54) is 30.0 Å². The highest BCUT2D eigenvalue weighted by Crippen LogP contribution is 2.19. The monoisotopic (exact) mass is 464 g/mol. The molecule has 0 aliphatic heterocycles. The van der Waals surface area contributed by atoms with Crippen molar-refractivity contribution in [1.29, 1.82) is 0 Å². The standard InChI is InChI=1S/C18H32N4S.HI/c1-6-7-8-9-10-13-22(5)18(19-4)20-12-11-16-14-23-17(21-16)15(2)3;/h6,14-15H,1,7-13H2,2-5H3,(H,19,20);1H. The van der Waals surface area contributed by atoms with Crippen LogP contribution in [0, 0.1) is 0 Å². The number of guanidine groups is 1. The van der Waals surface area contributed by atoms with Gasteiger partial charge in [0, 0.05) is 44.9 Å². The van der Waals surface area contributed by atoms with Crippen molar-refractivity contribution in [3.05, 3.63) is 28.7 Å². The molecule has 0 unspecified atom stereocenters. The number of aliphatic imine (C=N–C) groups is 1. The van der Waals surface area contributed by atoms with Gasteiger partial charge in [0.1, 0.15) is 0 Å². The number of thiazole rings is 1. The van der Waals surface area contributed by atoms with Gasteiger partial charge >= 0.3 is 0 Å². The highest BCUT2D eigenvalue weighted by Gasteiger charge is 2.07. The number of hydrogen-bond acceptors (Lipinski definition) is 3. The summed E-state index contributed by atoms with van der Waals surface area (Å²) in [5.41, 5.74) is 1.17. The van der Waals surface area contributed by atoms with Crippen LogP contribution in [-0.2, 0) is 6.42 Å². The van der Waals surface area contributed by atoms with Crippen LogP contribution in [0.25, 0.3) is 0 Å². The van der Waals surface area contributed by atoms with Gasteiger partial charge in [-0.05, 0) is 19.3 Å². The summed E-state index contributed by atoms with van der Waals surface area (Å²) in [6.45, 7) is 10.0. The Labute approximate surface area is 168 Å². The van der Waals surface area contributed by atoms with Crippen molar-refractivity contribution >= 4 is 41.3 Å². The molecular formula is C18H33IN4S. The predicted molar refractivity (Wildman–Crippen MR) is 118 cm³/mol. The molecule has 24 heavy (non-hydrogen) atoms. The molecule has 1 aromatic rings. The molecule has 0 bridgehead atoms. The molecular weight excluding hydrogens is 431 g/mol. The van der Waals surface area contributed by atoms with Crippen molar-refractivity contribution < 1.29 is 0 Å². The second-order valence-corrected chi connectivity index (χ2v) is 7.01. The highest BCUT2D eigenvalue weighted by molar-refractivity contribution is 14.0. The molecule has 0 aliphatic carbocycles. The van der Waals surface area contributed by atoms with Gasteiger partial charge in [-0.3, -0.25) is 4.99 Å². The maximum Gasteiger partial charge on any atom is 0.193 e. The molecule has 1 heterocycles. The van der Waals surface area contributed by atoms with E-state index in [4.69, 9.17) is 0 Å². The van der Waals surface area contributed by atoms with Crippen molar-refractivity contribution in [2.24, 2.45) is 4.99 Å². The van der Waals surface area contributed by atoms with E-state index in [0.717, 1.165) is 31.9 Å². The van der Waals surface area contributed by atoms with E-state index < -0.39 is 0 Å². The second-order valence-electron chi connectivity index (χ2n) is 6.12. The fourth-order valence-corrected chi connectivity index (χ4v) is 3.18. The van der Waals surface area contributed by atoms with Gasteiger partial charge in [0.15, 0.2) is 5.96 Å². The molecule has 138 valence electrons. The van der Waals surface area contributed by atoms with E-state index >= 15 is 0 Å². The zero-order valence-electron chi connectivity index (χ0n) is 15.5. The molecule has 0 atom stereocenters. The van der Waals surface area contributed by atoms with Gasteiger partial charge in [-0.15, -0.1) is 41.9 Å². The summed E-state index contributed by atoms with van der Waals surface area (Å²) in [6, 6.07) is 0. The fourth-order valence-electron chi connectivity index (χ4n) is 2.31. The van der Waals surface area contributed by atoms with Gasteiger partial charge in [-0.25, -0.2) is 4.98 Å². The molecule has 0 aromatic carbocycles. The maximum absolute atomic E-state index is 4.67.